The van der Waals surface area contributed by atoms with Crippen LogP contribution in [0.5, 0.6) is 0 Å². The van der Waals surface area contributed by atoms with Gasteiger partial charge >= 0.3 is 5.97 Å². The maximum atomic E-state index is 11.4. The smallest absolute Gasteiger partial charge is 0.305 e. The number of hydrogen-bond acceptors (Lipinski definition) is 3. The van der Waals surface area contributed by atoms with E-state index in [4.69, 9.17) is 16.3 Å². The molecule has 3 nitrogen and oxygen atoms in total. The number of unbranched alkanes of at least 4 members (excludes halogenated alkanes) is 15. The minimum absolute atomic E-state index is 0.214. The molecule has 160 valence electrons. The summed E-state index contributed by atoms with van der Waals surface area (Å²) in [4.78, 5) is 22.0. The Balaban J connectivity index is 3.10. The molecule has 0 aromatic carbocycles. The lowest BCUT2D eigenvalue weighted by atomic mass is 10.0. The molecule has 0 aliphatic carbocycles. The van der Waals surface area contributed by atoms with Gasteiger partial charge in [-0.05, 0) is 24.4 Å². The molecular weight excluding hydrogens is 360 g/mol. The van der Waals surface area contributed by atoms with Gasteiger partial charge in [-0.15, -0.1) is 0 Å². The van der Waals surface area contributed by atoms with Gasteiger partial charge in [0.05, 0.1) is 6.61 Å². The molecule has 27 heavy (non-hydrogen) atoms. The van der Waals surface area contributed by atoms with E-state index in [0.29, 0.717) is 13.0 Å². The molecule has 0 aliphatic heterocycles. The van der Waals surface area contributed by atoms with E-state index in [1.807, 2.05) is 0 Å². The van der Waals surface area contributed by atoms with Gasteiger partial charge in [0.15, 0.2) is 0 Å². The molecule has 0 atom stereocenters. The normalized spacial score (nSPS) is 10.9. The summed E-state index contributed by atoms with van der Waals surface area (Å²) < 4.78 is 5.15. The topological polar surface area (TPSA) is 43.4 Å². The summed E-state index contributed by atoms with van der Waals surface area (Å²) in [5.41, 5.74) is 0. The van der Waals surface area contributed by atoms with Crippen LogP contribution in [0.3, 0.4) is 0 Å². The fraction of sp³-hybridized carbons (Fsp3) is 0.913. The molecule has 0 saturated heterocycles. The Hall–Kier alpha value is -0.570. The van der Waals surface area contributed by atoms with Crippen LogP contribution >= 0.6 is 11.6 Å². The third kappa shape index (κ3) is 23.4. The molecule has 0 aliphatic rings. The van der Waals surface area contributed by atoms with E-state index in [1.165, 1.54) is 89.9 Å². The number of halogens is 1. The van der Waals surface area contributed by atoms with Crippen molar-refractivity contribution in [2.45, 2.75) is 129 Å². The van der Waals surface area contributed by atoms with Crippen LogP contribution < -0.4 is 0 Å². The average Bonchev–Trinajstić information content (AvgIpc) is 2.64. The first kappa shape index (κ1) is 26.4. The fourth-order valence-electron chi connectivity index (χ4n) is 3.28. The minimum atomic E-state index is -0.388. The first-order chi connectivity index (χ1) is 13.2. The number of carbonyl (C=O) groups excluding carboxylic acids is 2. The van der Waals surface area contributed by atoms with Crippen molar-refractivity contribution < 1.29 is 14.3 Å². The first-order valence-electron chi connectivity index (χ1n) is 11.5. The number of ether oxygens (including phenoxy) is 1. The Morgan fingerprint density at radius 2 is 1.00 bits per heavy atom. The molecule has 0 N–H and O–H groups in total. The molecule has 4 heteroatoms. The Morgan fingerprint density at radius 3 is 1.41 bits per heavy atom. The molecule has 0 unspecified atom stereocenters. The standard InChI is InChI=1S/C23H43ClO3/c1-2-3-4-5-6-7-8-9-10-11-12-13-14-15-16-17-21-27-23(26)20-18-19-22(24)25/h2-21H2,1H3. The van der Waals surface area contributed by atoms with Gasteiger partial charge in [0.25, 0.3) is 0 Å². The Labute approximate surface area is 173 Å². The van der Waals surface area contributed by atoms with Crippen molar-refractivity contribution in [3.8, 4) is 0 Å². The Bertz CT molecular complexity index is 345. The zero-order valence-electron chi connectivity index (χ0n) is 17.7. The van der Waals surface area contributed by atoms with Crippen LogP contribution in [-0.2, 0) is 14.3 Å². The van der Waals surface area contributed by atoms with Crippen LogP contribution in [0.4, 0.5) is 0 Å². The maximum Gasteiger partial charge on any atom is 0.305 e. The van der Waals surface area contributed by atoms with Crippen LogP contribution in [0.25, 0.3) is 0 Å². The predicted octanol–water partition coefficient (Wildman–Crippen LogP) is 7.73. The zero-order chi connectivity index (χ0) is 20.0. The third-order valence-corrected chi connectivity index (χ3v) is 5.20. The second-order valence-corrected chi connectivity index (χ2v) is 8.15. The lowest BCUT2D eigenvalue weighted by molar-refractivity contribution is -0.143. The first-order valence-corrected chi connectivity index (χ1v) is 11.9. The van der Waals surface area contributed by atoms with Gasteiger partial charge in [0.2, 0.25) is 5.24 Å². The highest BCUT2D eigenvalue weighted by molar-refractivity contribution is 6.63. The lowest BCUT2D eigenvalue weighted by Crippen LogP contribution is -2.06. The summed E-state index contributed by atoms with van der Waals surface area (Å²) >= 11 is 5.22. The molecule has 0 aromatic heterocycles. The molecule has 0 saturated carbocycles. The summed E-state index contributed by atoms with van der Waals surface area (Å²) in [7, 11) is 0. The highest BCUT2D eigenvalue weighted by Crippen LogP contribution is 2.13. The van der Waals surface area contributed by atoms with Crippen LogP contribution in [0.1, 0.15) is 129 Å². The van der Waals surface area contributed by atoms with E-state index in [1.54, 1.807) is 0 Å². The van der Waals surface area contributed by atoms with Crippen LogP contribution in [0.2, 0.25) is 0 Å². The third-order valence-electron chi connectivity index (χ3n) is 5.02. The van der Waals surface area contributed by atoms with Gasteiger partial charge < -0.3 is 4.74 Å². The number of hydrogen-bond donors (Lipinski definition) is 0. The van der Waals surface area contributed by atoms with Crippen LogP contribution in [-0.4, -0.2) is 17.8 Å². The molecule has 0 bridgehead atoms. The number of carbonyl (C=O) groups is 2. The lowest BCUT2D eigenvalue weighted by Gasteiger charge is -2.05. The largest absolute Gasteiger partial charge is 0.466 e. The van der Waals surface area contributed by atoms with Gasteiger partial charge in [-0.25, -0.2) is 0 Å². The maximum absolute atomic E-state index is 11.4. The zero-order valence-corrected chi connectivity index (χ0v) is 18.5. The summed E-state index contributed by atoms with van der Waals surface area (Å²) in [5, 5.41) is -0.388. The molecular formula is C23H43ClO3. The quantitative estimate of drug-likeness (QED) is 0.112. The average molecular weight is 403 g/mol. The fourth-order valence-corrected chi connectivity index (χ4v) is 3.41. The van der Waals surface area contributed by atoms with Crippen molar-refractivity contribution in [3.05, 3.63) is 0 Å². The van der Waals surface area contributed by atoms with Gasteiger partial charge in [-0.3, -0.25) is 9.59 Å². The van der Waals surface area contributed by atoms with E-state index in [0.717, 1.165) is 12.8 Å². The van der Waals surface area contributed by atoms with Gasteiger partial charge in [0, 0.05) is 12.8 Å². The van der Waals surface area contributed by atoms with Gasteiger partial charge in [-0.2, -0.15) is 0 Å². The molecule has 0 aromatic rings. The highest BCUT2D eigenvalue weighted by atomic mass is 35.5. The summed E-state index contributed by atoms with van der Waals surface area (Å²) in [5.74, 6) is -0.214. The SMILES string of the molecule is CCCCCCCCCCCCCCCCCCOC(=O)CCCC(=O)Cl. The summed E-state index contributed by atoms with van der Waals surface area (Å²) in [6.07, 6.45) is 22.4. The van der Waals surface area contributed by atoms with Crippen molar-refractivity contribution >= 4 is 22.8 Å². The predicted molar refractivity (Wildman–Crippen MR) is 115 cm³/mol. The van der Waals surface area contributed by atoms with Crippen molar-refractivity contribution in [2.24, 2.45) is 0 Å². The Morgan fingerprint density at radius 1 is 0.593 bits per heavy atom. The monoisotopic (exact) mass is 402 g/mol. The second-order valence-electron chi connectivity index (χ2n) is 7.73. The van der Waals surface area contributed by atoms with E-state index in [2.05, 4.69) is 6.92 Å². The molecule has 0 rings (SSSR count). The van der Waals surface area contributed by atoms with E-state index >= 15 is 0 Å². The van der Waals surface area contributed by atoms with Crippen molar-refractivity contribution in [2.75, 3.05) is 6.61 Å². The molecule has 0 heterocycles. The van der Waals surface area contributed by atoms with Crippen LogP contribution in [0.15, 0.2) is 0 Å². The molecule has 0 amide bonds. The van der Waals surface area contributed by atoms with E-state index < -0.39 is 0 Å². The minimum Gasteiger partial charge on any atom is -0.466 e. The molecule has 0 fully saturated rings. The van der Waals surface area contributed by atoms with E-state index in [9.17, 15) is 9.59 Å². The summed E-state index contributed by atoms with van der Waals surface area (Å²) in [6.45, 7) is 2.78. The van der Waals surface area contributed by atoms with Crippen LogP contribution in [0, 0.1) is 0 Å². The highest BCUT2D eigenvalue weighted by Gasteiger charge is 2.04. The summed E-state index contributed by atoms with van der Waals surface area (Å²) in [6, 6.07) is 0. The van der Waals surface area contributed by atoms with E-state index in [-0.39, 0.29) is 24.1 Å². The van der Waals surface area contributed by atoms with Gasteiger partial charge in [0.1, 0.15) is 0 Å². The van der Waals surface area contributed by atoms with Crippen molar-refractivity contribution in [3.63, 3.8) is 0 Å². The molecule has 0 spiro atoms. The number of rotatable bonds is 21. The van der Waals surface area contributed by atoms with Gasteiger partial charge in [-0.1, -0.05) is 103 Å². The van der Waals surface area contributed by atoms with Crippen molar-refractivity contribution in [1.29, 1.82) is 0 Å². The number of esters is 1. The van der Waals surface area contributed by atoms with Crippen molar-refractivity contribution in [1.82, 2.24) is 0 Å². The molecule has 0 radical (unpaired) electrons. The Kier molecular flexibility index (Phi) is 21.3. The second kappa shape index (κ2) is 21.7.